The molecule has 5 nitrogen and oxygen atoms in total. The Hall–Kier alpha value is -0.926. The number of hydrogen-bond acceptors (Lipinski definition) is 4. The second-order valence-electron chi connectivity index (χ2n) is 12.1. The first-order valence-corrected chi connectivity index (χ1v) is 17.2. The number of carbonyl (C=O) groups is 2. The van der Waals surface area contributed by atoms with E-state index in [9.17, 15) is 9.59 Å². The fourth-order valence-corrected chi connectivity index (χ4v) is 5.91. The molecular formula is C22H43NO4Si2. The van der Waals surface area contributed by atoms with Crippen molar-refractivity contribution >= 4 is 28.4 Å². The molecule has 0 radical (unpaired) electrons. The van der Waals surface area contributed by atoms with Gasteiger partial charge in [0.25, 0.3) is 0 Å². The van der Waals surface area contributed by atoms with Gasteiger partial charge < -0.3 is 9.16 Å². The first-order valence-electron chi connectivity index (χ1n) is 10.6. The van der Waals surface area contributed by atoms with Crippen LogP contribution in [0.25, 0.3) is 0 Å². The van der Waals surface area contributed by atoms with Crippen LogP contribution >= 0.6 is 0 Å². The lowest BCUT2D eigenvalue weighted by Crippen LogP contribution is -2.49. The van der Waals surface area contributed by atoms with Crippen LogP contribution in [0.2, 0.25) is 43.8 Å². The summed E-state index contributed by atoms with van der Waals surface area (Å²) in [5, 5.41) is 0.0528. The Morgan fingerprint density at radius 2 is 1.62 bits per heavy atom. The van der Waals surface area contributed by atoms with E-state index in [0.717, 1.165) is 11.6 Å². The van der Waals surface area contributed by atoms with Gasteiger partial charge in [0.2, 0.25) is 5.91 Å². The van der Waals surface area contributed by atoms with Crippen LogP contribution < -0.4 is 0 Å². The zero-order valence-electron chi connectivity index (χ0n) is 20.6. The van der Waals surface area contributed by atoms with Crippen molar-refractivity contribution in [2.75, 3.05) is 6.61 Å². The van der Waals surface area contributed by atoms with Gasteiger partial charge in [-0.25, -0.2) is 9.69 Å². The molecular weight excluding hydrogens is 398 g/mol. The van der Waals surface area contributed by atoms with Gasteiger partial charge in [0.05, 0.1) is 12.6 Å². The summed E-state index contributed by atoms with van der Waals surface area (Å²) in [5.41, 5.74) is 0.405. The molecule has 0 aromatic carbocycles. The van der Waals surface area contributed by atoms with E-state index in [-0.39, 0.29) is 22.9 Å². The number of imide groups is 1. The summed E-state index contributed by atoms with van der Waals surface area (Å²) < 4.78 is 12.0. The number of likely N-dealkylation sites (tertiary alicyclic amines) is 1. The Labute approximate surface area is 180 Å². The van der Waals surface area contributed by atoms with Gasteiger partial charge in [0.15, 0.2) is 8.32 Å². The minimum Gasteiger partial charge on any atom is -0.443 e. The van der Waals surface area contributed by atoms with E-state index in [1.807, 2.05) is 20.8 Å². The standard InChI is InChI=1S/C22H43NO4Si2/c1-16(15-28(8,9)10)17-13-19(24)23(20(25)27-21(2,3)4)18(17)14-26-29(11,12)22(5,6)7/h17-18H,1,13-15H2,2-12H3/t17-,18-/m1/s1. The molecule has 1 rings (SSSR count). The molecule has 0 aromatic heterocycles. The summed E-state index contributed by atoms with van der Waals surface area (Å²) >= 11 is 0. The van der Waals surface area contributed by atoms with Gasteiger partial charge in [-0.15, -0.1) is 0 Å². The fourth-order valence-electron chi connectivity index (χ4n) is 3.27. The maximum absolute atomic E-state index is 12.9. The molecule has 0 saturated carbocycles. The SMILES string of the molecule is C=C(C[Si](C)(C)C)[C@H]1CC(=O)N(C(=O)OC(C)(C)C)[C@@H]1CO[Si](C)(C)C(C)(C)C. The normalized spacial score (nSPS) is 21.5. The summed E-state index contributed by atoms with van der Waals surface area (Å²) in [4.78, 5) is 27.0. The smallest absolute Gasteiger partial charge is 0.417 e. The van der Waals surface area contributed by atoms with Crippen molar-refractivity contribution in [3.8, 4) is 0 Å². The van der Waals surface area contributed by atoms with Crippen molar-refractivity contribution < 1.29 is 18.8 Å². The van der Waals surface area contributed by atoms with Crippen LogP contribution in [0.3, 0.4) is 0 Å². The Morgan fingerprint density at radius 3 is 2.03 bits per heavy atom. The minimum absolute atomic E-state index is 0.0528. The summed E-state index contributed by atoms with van der Waals surface area (Å²) in [5.74, 6) is -0.267. The molecule has 1 aliphatic heterocycles. The van der Waals surface area contributed by atoms with Gasteiger partial charge in [-0.2, -0.15) is 0 Å². The highest BCUT2D eigenvalue weighted by molar-refractivity contribution is 6.76. The van der Waals surface area contributed by atoms with Gasteiger partial charge >= 0.3 is 6.09 Å². The quantitative estimate of drug-likeness (QED) is 0.371. The van der Waals surface area contributed by atoms with E-state index >= 15 is 0 Å². The predicted octanol–water partition coefficient (Wildman–Crippen LogP) is 6.05. The third-order valence-corrected chi connectivity index (χ3v) is 11.8. The van der Waals surface area contributed by atoms with Gasteiger partial charge in [0.1, 0.15) is 5.60 Å². The molecule has 1 saturated heterocycles. The molecule has 1 fully saturated rings. The van der Waals surface area contributed by atoms with Crippen molar-refractivity contribution in [1.82, 2.24) is 4.90 Å². The second-order valence-corrected chi connectivity index (χ2v) is 22.4. The number of carbonyl (C=O) groups excluding carboxylic acids is 2. The molecule has 7 heteroatoms. The second kappa shape index (κ2) is 8.67. The molecule has 0 bridgehead atoms. The van der Waals surface area contributed by atoms with E-state index in [2.05, 4.69) is 60.1 Å². The van der Waals surface area contributed by atoms with Crippen molar-refractivity contribution in [2.24, 2.45) is 5.92 Å². The zero-order chi connectivity index (χ0) is 23.0. The van der Waals surface area contributed by atoms with E-state index in [1.165, 1.54) is 4.90 Å². The highest BCUT2D eigenvalue weighted by atomic mass is 28.4. The number of rotatable bonds is 6. The predicted molar refractivity (Wildman–Crippen MR) is 125 cm³/mol. The molecule has 0 N–H and O–H groups in total. The van der Waals surface area contributed by atoms with E-state index < -0.39 is 28.1 Å². The molecule has 2 atom stereocenters. The maximum Gasteiger partial charge on any atom is 0.417 e. The van der Waals surface area contributed by atoms with Crippen LogP contribution in [0.4, 0.5) is 4.79 Å². The van der Waals surface area contributed by atoms with E-state index in [1.54, 1.807) is 0 Å². The highest BCUT2D eigenvalue weighted by Crippen LogP contribution is 2.40. The lowest BCUT2D eigenvalue weighted by molar-refractivity contribution is -0.128. The van der Waals surface area contributed by atoms with Crippen LogP contribution in [-0.2, 0) is 14.0 Å². The van der Waals surface area contributed by atoms with Crippen LogP contribution in [0.1, 0.15) is 48.0 Å². The Morgan fingerprint density at radius 1 is 1.10 bits per heavy atom. The first-order chi connectivity index (χ1) is 12.8. The monoisotopic (exact) mass is 441 g/mol. The lowest BCUT2D eigenvalue weighted by Gasteiger charge is -2.39. The molecule has 168 valence electrons. The van der Waals surface area contributed by atoms with Crippen molar-refractivity contribution in [1.29, 1.82) is 0 Å². The van der Waals surface area contributed by atoms with Gasteiger partial charge in [0, 0.05) is 20.4 Å². The fraction of sp³-hybridized carbons (Fsp3) is 0.818. The largest absolute Gasteiger partial charge is 0.443 e. The summed E-state index contributed by atoms with van der Waals surface area (Å²) in [6, 6.07) is 0.583. The number of nitrogens with zero attached hydrogens (tertiary/aromatic N) is 1. The summed E-state index contributed by atoms with van der Waals surface area (Å²) in [6.45, 7) is 27.9. The molecule has 2 amide bonds. The average Bonchev–Trinajstić information content (AvgIpc) is 2.77. The first kappa shape index (κ1) is 26.1. The van der Waals surface area contributed by atoms with Crippen LogP contribution in [-0.4, -0.2) is 51.5 Å². The number of amides is 2. The van der Waals surface area contributed by atoms with E-state index in [4.69, 9.17) is 9.16 Å². The molecule has 0 unspecified atom stereocenters. The topological polar surface area (TPSA) is 55.8 Å². The Balaban J connectivity index is 3.18. The summed E-state index contributed by atoms with van der Waals surface area (Å²) in [6.07, 6.45) is -0.275. The van der Waals surface area contributed by atoms with Crippen molar-refractivity contribution in [3.63, 3.8) is 0 Å². The van der Waals surface area contributed by atoms with Gasteiger partial charge in [-0.3, -0.25) is 4.79 Å². The molecule has 0 spiro atoms. The van der Waals surface area contributed by atoms with Gasteiger partial charge in [-0.1, -0.05) is 52.6 Å². The number of hydrogen-bond donors (Lipinski definition) is 0. The minimum atomic E-state index is -2.03. The lowest BCUT2D eigenvalue weighted by atomic mass is 9.94. The maximum atomic E-state index is 12.9. The third-order valence-electron chi connectivity index (χ3n) is 5.75. The summed E-state index contributed by atoms with van der Waals surface area (Å²) in [7, 11) is -3.42. The van der Waals surface area contributed by atoms with Crippen LogP contribution in [0, 0.1) is 5.92 Å². The Kier molecular flexibility index (Phi) is 7.81. The Bertz CT molecular complexity index is 639. The molecule has 1 aliphatic rings. The van der Waals surface area contributed by atoms with Crippen molar-refractivity contribution in [2.45, 2.75) is 103 Å². The van der Waals surface area contributed by atoms with E-state index in [0.29, 0.717) is 13.0 Å². The third kappa shape index (κ3) is 7.36. The molecule has 0 aromatic rings. The molecule has 1 heterocycles. The van der Waals surface area contributed by atoms with Crippen LogP contribution in [0.5, 0.6) is 0 Å². The average molecular weight is 442 g/mol. The zero-order valence-corrected chi connectivity index (χ0v) is 22.6. The molecule has 0 aliphatic carbocycles. The molecule has 29 heavy (non-hydrogen) atoms. The van der Waals surface area contributed by atoms with Crippen molar-refractivity contribution in [3.05, 3.63) is 12.2 Å². The number of ether oxygens (including phenoxy) is 1. The van der Waals surface area contributed by atoms with Gasteiger partial charge in [-0.05, 0) is 44.9 Å². The van der Waals surface area contributed by atoms with Crippen LogP contribution in [0.15, 0.2) is 12.2 Å². The highest BCUT2D eigenvalue weighted by Gasteiger charge is 2.48.